The van der Waals surface area contributed by atoms with Gasteiger partial charge in [-0.05, 0) is 24.3 Å². The van der Waals surface area contributed by atoms with Crippen LogP contribution in [0.15, 0.2) is 46.1 Å². The van der Waals surface area contributed by atoms with Crippen molar-refractivity contribution < 1.29 is 4.42 Å². The fraction of sp³-hybridized carbons (Fsp3) is 0.357. The molecule has 0 aliphatic carbocycles. The first-order chi connectivity index (χ1) is 9.20. The largest absolute Gasteiger partial charge is 0.467 e. The molecule has 2 aromatic rings. The molecule has 0 saturated heterocycles. The van der Waals surface area contributed by atoms with E-state index >= 15 is 0 Å². The van der Waals surface area contributed by atoms with E-state index < -0.39 is 0 Å². The van der Waals surface area contributed by atoms with Crippen molar-refractivity contribution in [1.82, 2.24) is 14.8 Å². The maximum absolute atomic E-state index is 5.34. The molecule has 5 nitrogen and oxygen atoms in total. The summed E-state index contributed by atoms with van der Waals surface area (Å²) < 4.78 is 7.43. The molecule has 0 unspecified atom stereocenters. The van der Waals surface area contributed by atoms with Gasteiger partial charge in [0, 0.05) is 33.0 Å². The summed E-state index contributed by atoms with van der Waals surface area (Å²) in [7, 11) is 5.81. The van der Waals surface area contributed by atoms with Crippen LogP contribution in [-0.4, -0.2) is 29.5 Å². The summed E-state index contributed by atoms with van der Waals surface area (Å²) in [6, 6.07) is 7.98. The summed E-state index contributed by atoms with van der Waals surface area (Å²) in [4.78, 5) is 6.31. The van der Waals surface area contributed by atoms with Gasteiger partial charge in [-0.25, -0.2) is 0 Å². The molecule has 0 aromatic carbocycles. The average Bonchev–Trinajstić information content (AvgIpc) is 3.02. The number of nitrogens with zero attached hydrogens (tertiary/aromatic N) is 3. The molecule has 0 bridgehead atoms. The van der Waals surface area contributed by atoms with Crippen LogP contribution in [0.1, 0.15) is 11.5 Å². The third-order valence-corrected chi connectivity index (χ3v) is 3.03. The fourth-order valence-electron chi connectivity index (χ4n) is 1.95. The van der Waals surface area contributed by atoms with Gasteiger partial charge in [0.2, 0.25) is 0 Å². The van der Waals surface area contributed by atoms with Crippen LogP contribution in [-0.2, 0) is 20.1 Å². The molecule has 2 rings (SSSR count). The second-order valence-electron chi connectivity index (χ2n) is 4.45. The van der Waals surface area contributed by atoms with E-state index in [9.17, 15) is 0 Å². The molecule has 0 radical (unpaired) electrons. The summed E-state index contributed by atoms with van der Waals surface area (Å²) in [5, 5.41) is 3.34. The van der Waals surface area contributed by atoms with Gasteiger partial charge in [-0.2, -0.15) is 0 Å². The number of aryl methyl sites for hydroxylation is 1. The Balaban J connectivity index is 0.00000200. The van der Waals surface area contributed by atoms with E-state index in [4.69, 9.17) is 4.42 Å². The molecular formula is C14H21IN4O. The van der Waals surface area contributed by atoms with Crippen LogP contribution in [0.4, 0.5) is 0 Å². The van der Waals surface area contributed by atoms with Gasteiger partial charge in [-0.1, -0.05) is 0 Å². The molecule has 0 saturated carbocycles. The quantitative estimate of drug-likeness (QED) is 0.497. The summed E-state index contributed by atoms with van der Waals surface area (Å²) in [6.45, 7) is 1.44. The number of hydrogen-bond acceptors (Lipinski definition) is 2. The van der Waals surface area contributed by atoms with Crippen LogP contribution in [0.25, 0.3) is 0 Å². The predicted octanol–water partition coefficient (Wildman–Crippen LogP) is 2.44. The molecule has 20 heavy (non-hydrogen) atoms. The average molecular weight is 388 g/mol. The van der Waals surface area contributed by atoms with E-state index in [-0.39, 0.29) is 24.0 Å². The van der Waals surface area contributed by atoms with Crippen LogP contribution in [0.3, 0.4) is 0 Å². The lowest BCUT2D eigenvalue weighted by atomic mass is 10.4. The highest BCUT2D eigenvalue weighted by Gasteiger charge is 2.08. The third-order valence-electron chi connectivity index (χ3n) is 3.03. The molecule has 6 heteroatoms. The molecule has 0 fully saturated rings. The molecule has 0 atom stereocenters. The Kier molecular flexibility index (Phi) is 6.63. The molecular weight excluding hydrogens is 367 g/mol. The molecule has 110 valence electrons. The van der Waals surface area contributed by atoms with Crippen molar-refractivity contribution in [3.05, 3.63) is 48.2 Å². The van der Waals surface area contributed by atoms with E-state index in [1.54, 1.807) is 13.3 Å². The number of halogens is 1. The Hall–Kier alpha value is -1.44. The van der Waals surface area contributed by atoms with Gasteiger partial charge in [0.25, 0.3) is 0 Å². The first-order valence-electron chi connectivity index (χ1n) is 6.25. The zero-order chi connectivity index (χ0) is 13.7. The maximum Gasteiger partial charge on any atom is 0.194 e. The summed E-state index contributed by atoms with van der Waals surface area (Å²) in [5.74, 6) is 1.77. The van der Waals surface area contributed by atoms with Crippen LogP contribution in [0, 0.1) is 0 Å². The van der Waals surface area contributed by atoms with Crippen molar-refractivity contribution in [3.63, 3.8) is 0 Å². The number of guanidine groups is 1. The van der Waals surface area contributed by atoms with Crippen LogP contribution < -0.4 is 5.32 Å². The van der Waals surface area contributed by atoms with Crippen LogP contribution in [0.2, 0.25) is 0 Å². The molecule has 2 heterocycles. The van der Waals surface area contributed by atoms with Crippen LogP contribution in [0.5, 0.6) is 0 Å². The lowest BCUT2D eigenvalue weighted by Crippen LogP contribution is -2.38. The van der Waals surface area contributed by atoms with Gasteiger partial charge < -0.3 is 19.2 Å². The highest BCUT2D eigenvalue weighted by molar-refractivity contribution is 14.0. The smallest absolute Gasteiger partial charge is 0.194 e. The summed E-state index contributed by atoms with van der Waals surface area (Å²) in [5.41, 5.74) is 1.22. The second-order valence-corrected chi connectivity index (χ2v) is 4.45. The van der Waals surface area contributed by atoms with Crippen molar-refractivity contribution in [3.8, 4) is 0 Å². The van der Waals surface area contributed by atoms with Crippen molar-refractivity contribution in [2.75, 3.05) is 14.1 Å². The number of aliphatic imine (C=N–C) groups is 1. The maximum atomic E-state index is 5.34. The molecule has 0 aliphatic heterocycles. The minimum absolute atomic E-state index is 0. The van der Waals surface area contributed by atoms with Gasteiger partial charge in [0.15, 0.2) is 5.96 Å². The standard InChI is InChI=1S/C14H20N4O.HI/c1-15-14(16-10-12-6-4-8-17(12)2)18(3)11-13-7-5-9-19-13;/h4-9H,10-11H2,1-3H3,(H,15,16);1H. The summed E-state index contributed by atoms with van der Waals surface area (Å²) >= 11 is 0. The Morgan fingerprint density at radius 3 is 2.75 bits per heavy atom. The SMILES string of the molecule is CN=C(NCc1cccn1C)N(C)Cc1ccco1.I. The Bertz CT molecular complexity index is 533. The van der Waals surface area contributed by atoms with Gasteiger partial charge in [-0.15, -0.1) is 24.0 Å². The zero-order valence-corrected chi connectivity index (χ0v) is 14.4. The zero-order valence-electron chi connectivity index (χ0n) is 12.0. The summed E-state index contributed by atoms with van der Waals surface area (Å²) in [6.07, 6.45) is 3.72. The molecule has 0 spiro atoms. The van der Waals surface area contributed by atoms with Crippen molar-refractivity contribution >= 4 is 29.9 Å². The highest BCUT2D eigenvalue weighted by Crippen LogP contribution is 2.04. The van der Waals surface area contributed by atoms with Gasteiger partial charge in [0.1, 0.15) is 5.76 Å². The first kappa shape index (κ1) is 16.6. The fourth-order valence-corrected chi connectivity index (χ4v) is 1.95. The van der Waals surface area contributed by atoms with Gasteiger partial charge >= 0.3 is 0 Å². The second kappa shape index (κ2) is 7.98. The van der Waals surface area contributed by atoms with E-state index in [1.807, 2.05) is 43.4 Å². The monoisotopic (exact) mass is 388 g/mol. The Labute approximate surface area is 136 Å². The number of furan rings is 1. The lowest BCUT2D eigenvalue weighted by Gasteiger charge is -2.21. The molecule has 0 aliphatic rings. The van der Waals surface area contributed by atoms with E-state index in [0.29, 0.717) is 6.54 Å². The topological polar surface area (TPSA) is 45.7 Å². The van der Waals surface area contributed by atoms with E-state index in [0.717, 1.165) is 18.3 Å². The lowest BCUT2D eigenvalue weighted by molar-refractivity contribution is 0.399. The Morgan fingerprint density at radius 1 is 1.40 bits per heavy atom. The first-order valence-corrected chi connectivity index (χ1v) is 6.25. The van der Waals surface area contributed by atoms with Crippen molar-refractivity contribution in [2.45, 2.75) is 13.1 Å². The minimum atomic E-state index is 0. The molecule has 2 aromatic heterocycles. The van der Waals surface area contributed by atoms with Crippen LogP contribution >= 0.6 is 24.0 Å². The predicted molar refractivity (Wildman–Crippen MR) is 91.2 cm³/mol. The minimum Gasteiger partial charge on any atom is -0.467 e. The van der Waals surface area contributed by atoms with Crippen molar-refractivity contribution in [1.29, 1.82) is 0 Å². The number of nitrogens with one attached hydrogen (secondary N) is 1. The number of rotatable bonds is 4. The highest BCUT2D eigenvalue weighted by atomic mass is 127. The van der Waals surface area contributed by atoms with E-state index in [1.165, 1.54) is 5.69 Å². The van der Waals surface area contributed by atoms with Gasteiger partial charge in [-0.3, -0.25) is 4.99 Å². The van der Waals surface area contributed by atoms with Crippen molar-refractivity contribution in [2.24, 2.45) is 12.0 Å². The Morgan fingerprint density at radius 2 is 2.20 bits per heavy atom. The van der Waals surface area contributed by atoms with E-state index in [2.05, 4.69) is 20.9 Å². The molecule has 1 N–H and O–H groups in total. The van der Waals surface area contributed by atoms with Gasteiger partial charge in [0.05, 0.1) is 19.4 Å². The molecule has 0 amide bonds. The normalized spacial score (nSPS) is 11.1. The third kappa shape index (κ3) is 4.29. The number of hydrogen-bond donors (Lipinski definition) is 1. The number of aromatic nitrogens is 1.